The summed E-state index contributed by atoms with van der Waals surface area (Å²) in [5.74, 6) is -3.55. The van der Waals surface area contributed by atoms with Gasteiger partial charge in [0.2, 0.25) is 0 Å². The predicted molar refractivity (Wildman–Crippen MR) is 133 cm³/mol. The third-order valence-electron chi connectivity index (χ3n) is 5.19. The van der Waals surface area contributed by atoms with Gasteiger partial charge >= 0.3 is 11.9 Å². The zero-order valence-corrected chi connectivity index (χ0v) is 20.1. The zero-order chi connectivity index (χ0) is 26.4. The Hall–Kier alpha value is -4.37. The van der Waals surface area contributed by atoms with Crippen molar-refractivity contribution >= 4 is 35.7 Å². The second-order valence-corrected chi connectivity index (χ2v) is 8.51. The van der Waals surface area contributed by atoms with Crippen LogP contribution >= 0.6 is 11.6 Å². The minimum absolute atomic E-state index is 0.0183. The number of carboxylic acids is 2. The first-order valence-corrected chi connectivity index (χ1v) is 11.1. The Bertz CT molecular complexity index is 1300. The number of phenolic OH excluding ortho intramolecular Hbond substituents is 1. The van der Waals surface area contributed by atoms with Crippen LogP contribution < -0.4 is 10.2 Å². The number of aromatic carboxylic acids is 2. The molecule has 3 aromatic rings. The van der Waals surface area contributed by atoms with Gasteiger partial charge in [0.25, 0.3) is 5.91 Å². The summed E-state index contributed by atoms with van der Waals surface area (Å²) in [4.78, 5) is 36.0. The molecule has 0 heterocycles. The molecule has 4 N–H and O–H groups in total. The Kier molecular flexibility index (Phi) is 8.29. The summed E-state index contributed by atoms with van der Waals surface area (Å²) in [5, 5.41) is 32.6. The van der Waals surface area contributed by atoms with Gasteiger partial charge in [-0.25, -0.2) is 15.0 Å². The molecule has 0 bridgehead atoms. The van der Waals surface area contributed by atoms with E-state index in [0.29, 0.717) is 5.92 Å². The number of ether oxygens (including phenoxy) is 1. The van der Waals surface area contributed by atoms with Crippen molar-refractivity contribution < 1.29 is 34.4 Å². The molecule has 186 valence electrons. The zero-order valence-electron chi connectivity index (χ0n) is 19.4. The maximum Gasteiger partial charge on any atom is 0.339 e. The number of nitrogens with zero attached hydrogens (tertiary/aromatic N) is 1. The Morgan fingerprint density at radius 3 is 2.14 bits per heavy atom. The lowest BCUT2D eigenvalue weighted by Crippen LogP contribution is -2.17. The van der Waals surface area contributed by atoms with E-state index in [-0.39, 0.29) is 45.4 Å². The lowest BCUT2D eigenvalue weighted by atomic mass is 10.0. The molecule has 0 fully saturated rings. The number of carboxylic acid groups (broad SMARTS) is 2. The number of carbonyl (C=O) groups excluding carboxylic acids is 1. The summed E-state index contributed by atoms with van der Waals surface area (Å²) in [6, 6.07) is 13.7. The summed E-state index contributed by atoms with van der Waals surface area (Å²) >= 11 is 5.79. The molecule has 10 heteroatoms. The first-order chi connectivity index (χ1) is 17.1. The van der Waals surface area contributed by atoms with Gasteiger partial charge in [-0.1, -0.05) is 49.7 Å². The van der Waals surface area contributed by atoms with Crippen molar-refractivity contribution in [2.24, 2.45) is 5.10 Å². The van der Waals surface area contributed by atoms with E-state index in [9.17, 15) is 29.7 Å². The number of benzene rings is 3. The van der Waals surface area contributed by atoms with Crippen molar-refractivity contribution in [3.05, 3.63) is 93.0 Å². The number of carbonyl (C=O) groups is 3. The maximum absolute atomic E-state index is 12.2. The molecule has 0 spiro atoms. The lowest BCUT2D eigenvalue weighted by Gasteiger charge is -2.14. The van der Waals surface area contributed by atoms with Gasteiger partial charge in [0.1, 0.15) is 29.2 Å². The smallest absolute Gasteiger partial charge is 0.339 e. The fourth-order valence-corrected chi connectivity index (χ4v) is 3.41. The number of phenols is 1. The van der Waals surface area contributed by atoms with Crippen molar-refractivity contribution in [1.82, 2.24) is 5.43 Å². The Morgan fingerprint density at radius 2 is 1.61 bits per heavy atom. The van der Waals surface area contributed by atoms with E-state index >= 15 is 0 Å². The van der Waals surface area contributed by atoms with E-state index in [1.54, 1.807) is 0 Å². The Labute approximate surface area is 211 Å². The van der Waals surface area contributed by atoms with Gasteiger partial charge in [-0.2, -0.15) is 5.10 Å². The van der Waals surface area contributed by atoms with Gasteiger partial charge < -0.3 is 20.1 Å². The third-order valence-corrected chi connectivity index (χ3v) is 5.49. The van der Waals surface area contributed by atoms with E-state index in [0.717, 1.165) is 17.3 Å². The van der Waals surface area contributed by atoms with Gasteiger partial charge in [-0.05, 0) is 52.9 Å². The van der Waals surface area contributed by atoms with Crippen LogP contribution in [0.2, 0.25) is 5.02 Å². The van der Waals surface area contributed by atoms with Crippen LogP contribution in [0.3, 0.4) is 0 Å². The van der Waals surface area contributed by atoms with E-state index in [1.807, 2.05) is 24.3 Å². The topological polar surface area (TPSA) is 146 Å². The Balaban J connectivity index is 1.83. The summed E-state index contributed by atoms with van der Waals surface area (Å²) in [7, 11) is 0. The molecule has 0 unspecified atom stereocenters. The van der Waals surface area contributed by atoms with Gasteiger partial charge in [-0.15, -0.1) is 0 Å². The van der Waals surface area contributed by atoms with Crippen LogP contribution in [0.5, 0.6) is 11.5 Å². The van der Waals surface area contributed by atoms with Gasteiger partial charge in [0, 0.05) is 5.56 Å². The number of hydrogen-bond donors (Lipinski definition) is 4. The molecule has 0 saturated carbocycles. The molecule has 0 atom stereocenters. The third kappa shape index (κ3) is 6.39. The van der Waals surface area contributed by atoms with Gasteiger partial charge in [0.05, 0.1) is 11.2 Å². The number of hydrogen-bond acceptors (Lipinski definition) is 6. The number of aromatic hydroxyl groups is 1. The SMILES string of the molecule is CC(C)c1ccc(COc2c(C(=O)O)cc(/C=N/NC(=O)c3ccc(O)c(Cl)c3)cc2C(=O)O)cc1. The fourth-order valence-electron chi connectivity index (χ4n) is 3.23. The van der Waals surface area contributed by atoms with E-state index < -0.39 is 17.8 Å². The van der Waals surface area contributed by atoms with Crippen LogP contribution in [0, 0.1) is 0 Å². The van der Waals surface area contributed by atoms with Crippen LogP contribution in [-0.2, 0) is 6.61 Å². The van der Waals surface area contributed by atoms with Crippen LogP contribution in [0.4, 0.5) is 0 Å². The van der Waals surface area contributed by atoms with Crippen LogP contribution in [0.15, 0.2) is 59.7 Å². The average Bonchev–Trinajstić information content (AvgIpc) is 2.84. The van der Waals surface area contributed by atoms with Gasteiger partial charge in [-0.3, -0.25) is 4.79 Å². The predicted octanol–water partition coefficient (Wildman–Crippen LogP) is 4.91. The highest BCUT2D eigenvalue weighted by Gasteiger charge is 2.22. The van der Waals surface area contributed by atoms with Crippen LogP contribution in [0.1, 0.15) is 67.5 Å². The Morgan fingerprint density at radius 1 is 1.00 bits per heavy atom. The molecule has 3 aromatic carbocycles. The van der Waals surface area contributed by atoms with Crippen LogP contribution in [0.25, 0.3) is 0 Å². The quantitative estimate of drug-likeness (QED) is 0.236. The first-order valence-electron chi connectivity index (χ1n) is 10.7. The van der Waals surface area contributed by atoms with Crippen molar-refractivity contribution in [2.75, 3.05) is 0 Å². The minimum Gasteiger partial charge on any atom is -0.506 e. The highest BCUT2D eigenvalue weighted by atomic mass is 35.5. The number of amides is 1. The van der Waals surface area contributed by atoms with Crippen molar-refractivity contribution in [1.29, 1.82) is 0 Å². The first kappa shape index (κ1) is 26.2. The molecule has 36 heavy (non-hydrogen) atoms. The maximum atomic E-state index is 12.2. The number of nitrogens with one attached hydrogen (secondary N) is 1. The summed E-state index contributed by atoms with van der Waals surface area (Å²) in [6.45, 7) is 4.09. The monoisotopic (exact) mass is 510 g/mol. The fraction of sp³-hybridized carbons (Fsp3) is 0.154. The molecule has 0 aliphatic carbocycles. The highest BCUT2D eigenvalue weighted by molar-refractivity contribution is 6.32. The molecule has 0 saturated heterocycles. The molecular weight excluding hydrogens is 488 g/mol. The molecule has 0 aromatic heterocycles. The summed E-state index contributed by atoms with van der Waals surface area (Å²) < 4.78 is 5.64. The molecule has 9 nitrogen and oxygen atoms in total. The standard InChI is InChI=1S/C26H23ClN2O7/c1-14(2)17-5-3-15(4-6-17)13-36-23-19(25(32)33)9-16(10-20(23)26(34)35)12-28-29-24(31)18-7-8-22(30)21(27)11-18/h3-12,14,30H,13H2,1-2H3,(H,29,31)(H,32,33)(H,34,35)/b28-12+. The van der Waals surface area contributed by atoms with Gasteiger partial charge in [0.15, 0.2) is 0 Å². The number of hydrazone groups is 1. The number of halogens is 1. The summed E-state index contributed by atoms with van der Waals surface area (Å²) in [6.07, 6.45) is 1.10. The molecular formula is C26H23ClN2O7. The van der Waals surface area contributed by atoms with E-state index in [4.69, 9.17) is 16.3 Å². The highest BCUT2D eigenvalue weighted by Crippen LogP contribution is 2.28. The second-order valence-electron chi connectivity index (χ2n) is 8.11. The van der Waals surface area contributed by atoms with Crippen molar-refractivity contribution in [3.63, 3.8) is 0 Å². The molecule has 0 aliphatic rings. The van der Waals surface area contributed by atoms with Crippen molar-refractivity contribution in [3.8, 4) is 11.5 Å². The normalized spacial score (nSPS) is 11.0. The second kappa shape index (κ2) is 11.4. The molecule has 0 radical (unpaired) electrons. The summed E-state index contributed by atoms with van der Waals surface area (Å²) in [5.41, 5.74) is 3.60. The largest absolute Gasteiger partial charge is 0.506 e. The molecule has 1 amide bonds. The minimum atomic E-state index is -1.39. The molecule has 3 rings (SSSR count). The van der Waals surface area contributed by atoms with Crippen LogP contribution in [-0.4, -0.2) is 39.4 Å². The van der Waals surface area contributed by atoms with E-state index in [2.05, 4.69) is 24.4 Å². The van der Waals surface area contributed by atoms with E-state index in [1.165, 1.54) is 30.3 Å². The average molecular weight is 511 g/mol. The van der Waals surface area contributed by atoms with Crippen molar-refractivity contribution in [2.45, 2.75) is 26.4 Å². The number of rotatable bonds is 9. The lowest BCUT2D eigenvalue weighted by molar-refractivity contribution is 0.0687. The molecule has 0 aliphatic heterocycles.